The highest BCUT2D eigenvalue weighted by atomic mass is 32.2. The van der Waals surface area contributed by atoms with E-state index < -0.39 is 5.54 Å². The summed E-state index contributed by atoms with van der Waals surface area (Å²) in [5.74, 6) is 0.109. The number of carbonyl (C=O) groups is 1. The van der Waals surface area contributed by atoms with E-state index in [9.17, 15) is 9.59 Å². The molecule has 8 heteroatoms. The zero-order chi connectivity index (χ0) is 14.5. The minimum Gasteiger partial charge on any atom is -0.465 e. The summed E-state index contributed by atoms with van der Waals surface area (Å²) in [5.41, 5.74) is -1.05. The summed E-state index contributed by atoms with van der Waals surface area (Å²) in [4.78, 5) is 23.3. The van der Waals surface area contributed by atoms with Crippen molar-refractivity contribution >= 4 is 17.7 Å². The van der Waals surface area contributed by atoms with Crippen LogP contribution in [0.4, 0.5) is 0 Å². The maximum absolute atomic E-state index is 11.9. The molecule has 1 aromatic rings. The number of likely N-dealkylation sites (N-methyl/N-ethyl adjacent to an activating group) is 1. The summed E-state index contributed by atoms with van der Waals surface area (Å²) in [6, 6.07) is 0. The van der Waals surface area contributed by atoms with E-state index in [0.29, 0.717) is 24.1 Å². The SMILES string of the molecule is CCOC(=O)C(C)(CSc1n[nH]c(=O)n1CC)NC. The summed E-state index contributed by atoms with van der Waals surface area (Å²) in [6.45, 7) is 6.27. The van der Waals surface area contributed by atoms with Crippen molar-refractivity contribution in [3.8, 4) is 0 Å². The highest BCUT2D eigenvalue weighted by Crippen LogP contribution is 2.20. The normalized spacial score (nSPS) is 14.1. The lowest BCUT2D eigenvalue weighted by Crippen LogP contribution is -2.50. The van der Waals surface area contributed by atoms with Gasteiger partial charge in [0, 0.05) is 12.3 Å². The summed E-state index contributed by atoms with van der Waals surface area (Å²) in [7, 11) is 1.70. The zero-order valence-corrected chi connectivity index (χ0v) is 12.5. The third-order valence-corrected chi connectivity index (χ3v) is 4.10. The zero-order valence-electron chi connectivity index (χ0n) is 11.6. The predicted molar refractivity (Wildman–Crippen MR) is 73.3 cm³/mol. The largest absolute Gasteiger partial charge is 0.465 e. The van der Waals surface area contributed by atoms with E-state index in [1.54, 1.807) is 20.9 Å². The quantitative estimate of drug-likeness (QED) is 0.551. The Balaban J connectivity index is 2.77. The van der Waals surface area contributed by atoms with Crippen LogP contribution in [0.3, 0.4) is 0 Å². The first kappa shape index (κ1) is 15.8. The van der Waals surface area contributed by atoms with Gasteiger partial charge in [-0.2, -0.15) is 0 Å². The van der Waals surface area contributed by atoms with Crippen molar-refractivity contribution in [2.45, 2.75) is 38.0 Å². The average molecular weight is 288 g/mol. The smallest absolute Gasteiger partial charge is 0.343 e. The van der Waals surface area contributed by atoms with Crippen LogP contribution in [0.1, 0.15) is 20.8 Å². The number of rotatable bonds is 7. The van der Waals surface area contributed by atoms with Crippen LogP contribution in [0.2, 0.25) is 0 Å². The Morgan fingerprint density at radius 3 is 2.79 bits per heavy atom. The molecule has 0 radical (unpaired) electrons. The molecule has 1 heterocycles. The van der Waals surface area contributed by atoms with Gasteiger partial charge in [-0.3, -0.25) is 9.36 Å². The standard InChI is InChI=1S/C11H20N4O3S/c1-5-15-9(17)13-14-10(15)19-7-11(3,12-4)8(16)18-6-2/h12H,5-7H2,1-4H3,(H,13,17). The van der Waals surface area contributed by atoms with Gasteiger partial charge in [0.05, 0.1) is 6.61 Å². The molecule has 1 unspecified atom stereocenters. The second-order valence-electron chi connectivity index (χ2n) is 4.15. The first-order chi connectivity index (χ1) is 8.98. The Labute approximate surface area is 116 Å². The van der Waals surface area contributed by atoms with Crippen LogP contribution < -0.4 is 11.0 Å². The van der Waals surface area contributed by atoms with Gasteiger partial charge in [-0.25, -0.2) is 9.89 Å². The lowest BCUT2D eigenvalue weighted by atomic mass is 10.1. The van der Waals surface area contributed by atoms with Crippen LogP contribution in [0, 0.1) is 0 Å². The highest BCUT2D eigenvalue weighted by molar-refractivity contribution is 7.99. The summed E-state index contributed by atoms with van der Waals surface area (Å²) in [6.07, 6.45) is 0. The van der Waals surface area contributed by atoms with Gasteiger partial charge in [0.15, 0.2) is 5.16 Å². The topological polar surface area (TPSA) is 89.0 Å². The number of carbonyl (C=O) groups excluding carboxylic acids is 1. The Kier molecular flexibility index (Phi) is 5.61. The fourth-order valence-electron chi connectivity index (χ4n) is 1.42. The minimum atomic E-state index is -0.811. The van der Waals surface area contributed by atoms with Crippen molar-refractivity contribution in [2.24, 2.45) is 0 Å². The van der Waals surface area contributed by atoms with Crippen LogP contribution in [-0.4, -0.2) is 45.7 Å². The fourth-order valence-corrected chi connectivity index (χ4v) is 2.58. The summed E-state index contributed by atoms with van der Waals surface area (Å²) < 4.78 is 6.56. The molecule has 1 atom stereocenters. The van der Waals surface area contributed by atoms with E-state index in [2.05, 4.69) is 15.5 Å². The third-order valence-electron chi connectivity index (χ3n) is 2.81. The van der Waals surface area contributed by atoms with Crippen molar-refractivity contribution < 1.29 is 9.53 Å². The molecule has 0 spiro atoms. The molecule has 1 aromatic heterocycles. The van der Waals surface area contributed by atoms with E-state index in [4.69, 9.17) is 4.74 Å². The second-order valence-corrected chi connectivity index (χ2v) is 5.09. The van der Waals surface area contributed by atoms with Crippen molar-refractivity contribution in [2.75, 3.05) is 19.4 Å². The molecular formula is C11H20N4O3S. The maximum atomic E-state index is 11.9. The lowest BCUT2D eigenvalue weighted by molar-refractivity contribution is -0.149. The van der Waals surface area contributed by atoms with Crippen LogP contribution in [0.5, 0.6) is 0 Å². The molecule has 2 N–H and O–H groups in total. The van der Waals surface area contributed by atoms with Gasteiger partial charge in [0.2, 0.25) is 0 Å². The van der Waals surface area contributed by atoms with Crippen LogP contribution in [0.15, 0.2) is 9.95 Å². The predicted octanol–water partition coefficient (Wildman–Crippen LogP) is 0.225. The van der Waals surface area contributed by atoms with Gasteiger partial charge >= 0.3 is 11.7 Å². The van der Waals surface area contributed by atoms with Gasteiger partial charge in [-0.05, 0) is 27.8 Å². The number of nitrogens with zero attached hydrogens (tertiary/aromatic N) is 2. The monoisotopic (exact) mass is 288 g/mol. The van der Waals surface area contributed by atoms with Gasteiger partial charge in [0.25, 0.3) is 0 Å². The van der Waals surface area contributed by atoms with Gasteiger partial charge < -0.3 is 10.1 Å². The van der Waals surface area contributed by atoms with Crippen LogP contribution >= 0.6 is 11.8 Å². The number of H-pyrrole nitrogens is 1. The van der Waals surface area contributed by atoms with Gasteiger partial charge in [-0.1, -0.05) is 11.8 Å². The molecule has 0 saturated heterocycles. The minimum absolute atomic E-state index is 0.243. The number of ether oxygens (including phenoxy) is 1. The molecule has 0 aromatic carbocycles. The van der Waals surface area contributed by atoms with E-state index in [0.717, 1.165) is 0 Å². The molecular weight excluding hydrogens is 268 g/mol. The van der Waals surface area contributed by atoms with E-state index >= 15 is 0 Å². The molecule has 0 fully saturated rings. The maximum Gasteiger partial charge on any atom is 0.343 e. The Hall–Kier alpha value is -1.28. The number of esters is 1. The Morgan fingerprint density at radius 2 is 2.26 bits per heavy atom. The second kappa shape index (κ2) is 6.76. The van der Waals surface area contributed by atoms with E-state index in [-0.39, 0.29) is 11.7 Å². The number of aromatic amines is 1. The number of aromatic nitrogens is 3. The Morgan fingerprint density at radius 1 is 1.58 bits per heavy atom. The van der Waals surface area contributed by atoms with Crippen LogP contribution in [0.25, 0.3) is 0 Å². The Bertz CT molecular complexity index is 485. The summed E-state index contributed by atoms with van der Waals surface area (Å²) in [5, 5.41) is 9.86. The van der Waals surface area contributed by atoms with E-state index in [1.807, 2.05) is 6.92 Å². The first-order valence-electron chi connectivity index (χ1n) is 6.12. The molecule has 0 aliphatic heterocycles. The first-order valence-corrected chi connectivity index (χ1v) is 7.11. The van der Waals surface area contributed by atoms with Crippen molar-refractivity contribution in [3.63, 3.8) is 0 Å². The third kappa shape index (κ3) is 3.60. The van der Waals surface area contributed by atoms with Gasteiger partial charge in [0.1, 0.15) is 5.54 Å². The fraction of sp³-hybridized carbons (Fsp3) is 0.727. The van der Waals surface area contributed by atoms with Gasteiger partial charge in [-0.15, -0.1) is 5.10 Å². The molecule has 19 heavy (non-hydrogen) atoms. The average Bonchev–Trinajstić information content (AvgIpc) is 2.76. The number of thioether (sulfide) groups is 1. The molecule has 0 amide bonds. The van der Waals surface area contributed by atoms with Crippen LogP contribution in [-0.2, 0) is 16.1 Å². The molecule has 0 saturated carbocycles. The molecule has 0 aliphatic rings. The van der Waals surface area contributed by atoms with E-state index in [1.165, 1.54) is 16.3 Å². The lowest BCUT2D eigenvalue weighted by Gasteiger charge is -2.25. The molecule has 7 nitrogen and oxygen atoms in total. The molecule has 0 bridgehead atoms. The molecule has 108 valence electrons. The van der Waals surface area contributed by atoms with Crippen molar-refractivity contribution in [1.29, 1.82) is 0 Å². The molecule has 0 aliphatic carbocycles. The van der Waals surface area contributed by atoms with Crippen molar-refractivity contribution in [1.82, 2.24) is 20.1 Å². The summed E-state index contributed by atoms with van der Waals surface area (Å²) >= 11 is 1.34. The molecule has 1 rings (SSSR count). The highest BCUT2D eigenvalue weighted by Gasteiger charge is 2.33. The number of hydrogen-bond acceptors (Lipinski definition) is 6. The number of nitrogens with one attached hydrogen (secondary N) is 2. The number of hydrogen-bond donors (Lipinski definition) is 2. The van der Waals surface area contributed by atoms with Crippen molar-refractivity contribution in [3.05, 3.63) is 10.5 Å².